The minimum atomic E-state index is -0.132. The monoisotopic (exact) mass is 354 g/mol. The number of hydrogen-bond donors (Lipinski definition) is 0. The maximum absolute atomic E-state index is 13.3. The van der Waals surface area contributed by atoms with E-state index in [0.29, 0.717) is 11.4 Å². The molecule has 140 valence electrons. The van der Waals surface area contributed by atoms with E-state index in [4.69, 9.17) is 0 Å². The minimum Gasteiger partial charge on any atom is -0.285 e. The van der Waals surface area contributed by atoms with Gasteiger partial charge < -0.3 is 0 Å². The number of nitrogens with zero attached hydrogens (tertiary/aromatic N) is 4. The number of aromatic nitrogens is 4. The summed E-state index contributed by atoms with van der Waals surface area (Å²) in [5.41, 5.74) is 5.22. The second-order valence-corrected chi connectivity index (χ2v) is 6.72. The van der Waals surface area contributed by atoms with Gasteiger partial charge in [-0.15, -0.1) is 10.2 Å². The number of aryl methyl sites for hydroxylation is 2. The van der Waals surface area contributed by atoms with E-state index >= 15 is 0 Å². The molecule has 0 aromatic carbocycles. The molecule has 0 atom stereocenters. The average Bonchev–Trinajstić information content (AvgIpc) is 2.64. The van der Waals surface area contributed by atoms with Crippen LogP contribution >= 0.6 is 0 Å². The predicted molar refractivity (Wildman–Crippen MR) is 103 cm³/mol. The SMILES string of the molecule is CCCc1cnnc(C(=O)c2nncc(CCC)c2CCC)c1CCC. The number of ketones is 1. The largest absolute Gasteiger partial charge is 0.285 e. The van der Waals surface area contributed by atoms with E-state index in [2.05, 4.69) is 48.1 Å². The molecule has 0 N–H and O–H groups in total. The first-order chi connectivity index (χ1) is 12.7. The Kier molecular flexibility index (Phi) is 7.82. The maximum Gasteiger partial charge on any atom is 0.234 e. The van der Waals surface area contributed by atoms with Gasteiger partial charge >= 0.3 is 0 Å². The molecule has 0 fully saturated rings. The summed E-state index contributed by atoms with van der Waals surface area (Å²) in [6.45, 7) is 8.51. The Balaban J connectivity index is 2.55. The second kappa shape index (κ2) is 10.1. The molecule has 2 heterocycles. The van der Waals surface area contributed by atoms with Crippen molar-refractivity contribution in [1.82, 2.24) is 20.4 Å². The summed E-state index contributed by atoms with van der Waals surface area (Å²) in [6.07, 6.45) is 11.1. The highest BCUT2D eigenvalue weighted by molar-refractivity contribution is 6.08. The molecular formula is C21H30N4O. The zero-order chi connectivity index (χ0) is 18.9. The third kappa shape index (κ3) is 4.51. The lowest BCUT2D eigenvalue weighted by Crippen LogP contribution is -2.17. The predicted octanol–water partition coefficient (Wildman–Crippen LogP) is 4.31. The first-order valence-corrected chi connectivity index (χ1v) is 9.89. The van der Waals surface area contributed by atoms with E-state index in [1.165, 1.54) is 0 Å². The number of carbonyl (C=O) groups excluding carboxylic acids is 1. The number of rotatable bonds is 10. The van der Waals surface area contributed by atoms with Crippen molar-refractivity contribution in [1.29, 1.82) is 0 Å². The highest BCUT2D eigenvalue weighted by atomic mass is 16.1. The summed E-state index contributed by atoms with van der Waals surface area (Å²) in [6, 6.07) is 0. The molecule has 0 bridgehead atoms. The molecule has 2 rings (SSSR count). The van der Waals surface area contributed by atoms with Crippen molar-refractivity contribution in [3.05, 3.63) is 46.0 Å². The molecule has 0 aliphatic carbocycles. The Hall–Kier alpha value is -2.17. The van der Waals surface area contributed by atoms with Gasteiger partial charge in [0.05, 0.1) is 12.4 Å². The van der Waals surface area contributed by atoms with E-state index in [0.717, 1.165) is 73.6 Å². The fraction of sp³-hybridized carbons (Fsp3) is 0.571. The Morgan fingerprint density at radius 3 is 1.42 bits per heavy atom. The van der Waals surface area contributed by atoms with Gasteiger partial charge in [0.15, 0.2) is 0 Å². The highest BCUT2D eigenvalue weighted by Crippen LogP contribution is 2.22. The van der Waals surface area contributed by atoms with Crippen molar-refractivity contribution in [3.8, 4) is 0 Å². The lowest BCUT2D eigenvalue weighted by atomic mass is 9.93. The molecule has 0 saturated carbocycles. The van der Waals surface area contributed by atoms with Crippen LogP contribution in [0.15, 0.2) is 12.4 Å². The Bertz CT molecular complexity index is 681. The highest BCUT2D eigenvalue weighted by Gasteiger charge is 2.23. The lowest BCUT2D eigenvalue weighted by Gasteiger charge is -2.14. The van der Waals surface area contributed by atoms with Crippen molar-refractivity contribution in [2.45, 2.75) is 79.1 Å². The lowest BCUT2D eigenvalue weighted by molar-refractivity contribution is 0.102. The minimum absolute atomic E-state index is 0.132. The summed E-state index contributed by atoms with van der Waals surface area (Å²) < 4.78 is 0. The molecule has 0 saturated heterocycles. The van der Waals surface area contributed by atoms with Gasteiger partial charge in [-0.2, -0.15) is 10.2 Å². The Morgan fingerprint density at radius 1 is 0.692 bits per heavy atom. The van der Waals surface area contributed by atoms with Crippen LogP contribution in [0.4, 0.5) is 0 Å². The van der Waals surface area contributed by atoms with Crippen LogP contribution in [-0.4, -0.2) is 26.2 Å². The smallest absolute Gasteiger partial charge is 0.234 e. The van der Waals surface area contributed by atoms with Crippen LogP contribution in [0.5, 0.6) is 0 Å². The molecule has 0 aliphatic heterocycles. The topological polar surface area (TPSA) is 68.6 Å². The van der Waals surface area contributed by atoms with Crippen LogP contribution in [0.3, 0.4) is 0 Å². The van der Waals surface area contributed by atoms with Gasteiger partial charge in [-0.3, -0.25) is 4.79 Å². The Morgan fingerprint density at radius 2 is 1.08 bits per heavy atom. The normalized spacial score (nSPS) is 10.9. The van der Waals surface area contributed by atoms with Gasteiger partial charge in [-0.25, -0.2) is 0 Å². The standard InChI is InChI=1S/C21H30N4O/c1-5-9-15-13-22-24-19(17(15)11-7-3)21(26)20-18(12-8-4)16(10-6-2)14-23-25-20/h13-14H,5-12H2,1-4H3. The van der Waals surface area contributed by atoms with Gasteiger partial charge in [0.2, 0.25) is 5.78 Å². The molecule has 0 radical (unpaired) electrons. The first-order valence-electron chi connectivity index (χ1n) is 9.89. The summed E-state index contributed by atoms with van der Waals surface area (Å²) >= 11 is 0. The van der Waals surface area contributed by atoms with Crippen LogP contribution in [0.2, 0.25) is 0 Å². The molecule has 0 aliphatic rings. The van der Waals surface area contributed by atoms with Crippen molar-refractivity contribution in [2.75, 3.05) is 0 Å². The Labute approximate surface area is 156 Å². The molecule has 0 unspecified atom stereocenters. The zero-order valence-electron chi connectivity index (χ0n) is 16.5. The van der Waals surface area contributed by atoms with Crippen molar-refractivity contribution in [3.63, 3.8) is 0 Å². The van der Waals surface area contributed by atoms with Gasteiger partial charge in [-0.05, 0) is 47.9 Å². The van der Waals surface area contributed by atoms with Gasteiger partial charge in [0, 0.05) is 0 Å². The van der Waals surface area contributed by atoms with Crippen LogP contribution in [0.25, 0.3) is 0 Å². The van der Waals surface area contributed by atoms with Crippen LogP contribution in [0, 0.1) is 0 Å². The fourth-order valence-corrected chi connectivity index (χ4v) is 3.40. The van der Waals surface area contributed by atoms with E-state index in [-0.39, 0.29) is 5.78 Å². The molecule has 5 heteroatoms. The number of hydrogen-bond acceptors (Lipinski definition) is 5. The maximum atomic E-state index is 13.3. The van der Waals surface area contributed by atoms with Crippen LogP contribution in [0.1, 0.15) is 91.8 Å². The third-order valence-electron chi connectivity index (χ3n) is 4.56. The van der Waals surface area contributed by atoms with Crippen LogP contribution < -0.4 is 0 Å². The molecule has 5 nitrogen and oxygen atoms in total. The third-order valence-corrected chi connectivity index (χ3v) is 4.56. The van der Waals surface area contributed by atoms with Crippen molar-refractivity contribution >= 4 is 5.78 Å². The van der Waals surface area contributed by atoms with Gasteiger partial charge in [-0.1, -0.05) is 53.4 Å². The van der Waals surface area contributed by atoms with Gasteiger partial charge in [0.25, 0.3) is 0 Å². The second-order valence-electron chi connectivity index (χ2n) is 6.72. The van der Waals surface area contributed by atoms with E-state index in [1.807, 2.05) is 0 Å². The van der Waals surface area contributed by atoms with Crippen LogP contribution in [-0.2, 0) is 25.7 Å². The van der Waals surface area contributed by atoms with Crippen molar-refractivity contribution in [2.24, 2.45) is 0 Å². The quantitative estimate of drug-likeness (QED) is 0.595. The molecule has 26 heavy (non-hydrogen) atoms. The summed E-state index contributed by atoms with van der Waals surface area (Å²) in [4.78, 5) is 13.3. The van der Waals surface area contributed by atoms with E-state index in [1.54, 1.807) is 12.4 Å². The average molecular weight is 354 g/mol. The molecule has 0 amide bonds. The first kappa shape index (κ1) is 20.1. The molecule has 0 spiro atoms. The molecule has 2 aromatic rings. The summed E-state index contributed by atoms with van der Waals surface area (Å²) in [7, 11) is 0. The van der Waals surface area contributed by atoms with Crippen molar-refractivity contribution < 1.29 is 4.79 Å². The summed E-state index contributed by atoms with van der Waals surface area (Å²) in [5, 5.41) is 16.7. The van der Waals surface area contributed by atoms with Gasteiger partial charge in [0.1, 0.15) is 11.4 Å². The zero-order valence-corrected chi connectivity index (χ0v) is 16.5. The van der Waals surface area contributed by atoms with E-state index in [9.17, 15) is 4.79 Å². The van der Waals surface area contributed by atoms with E-state index < -0.39 is 0 Å². The summed E-state index contributed by atoms with van der Waals surface area (Å²) in [5.74, 6) is -0.132. The molecular weight excluding hydrogens is 324 g/mol. The number of carbonyl (C=O) groups is 1. The molecule has 2 aromatic heterocycles. The fourth-order valence-electron chi connectivity index (χ4n) is 3.40.